The van der Waals surface area contributed by atoms with Crippen LogP contribution < -0.4 is 0 Å². The molecule has 0 aliphatic rings. The Hall–Kier alpha value is -1.07. The Labute approximate surface area is 86.8 Å². The topological polar surface area (TPSA) is 23.8 Å². The maximum Gasteiger partial charge on any atom is 0.0994 e. The molecule has 0 amide bonds. The molecule has 1 nitrogen and oxygen atoms in total. The van der Waals surface area contributed by atoms with Crippen molar-refractivity contribution < 1.29 is 0 Å². The van der Waals surface area contributed by atoms with Crippen molar-refractivity contribution in [3.8, 4) is 6.07 Å². The highest BCUT2D eigenvalue weighted by molar-refractivity contribution is 9.09. The van der Waals surface area contributed by atoms with E-state index in [2.05, 4.69) is 28.6 Å². The van der Waals surface area contributed by atoms with Crippen LogP contribution in [0.1, 0.15) is 11.1 Å². The van der Waals surface area contributed by atoms with Gasteiger partial charge in [0.2, 0.25) is 0 Å². The maximum absolute atomic E-state index is 8.81. The standard InChI is InChI=1S/C11H10BrN/c1-9(7-12)6-10-4-2-3-5-11(10)8-13/h2-5H,1,6-7H2. The summed E-state index contributed by atoms with van der Waals surface area (Å²) in [5.41, 5.74) is 2.88. The van der Waals surface area contributed by atoms with Gasteiger partial charge in [0.15, 0.2) is 0 Å². The van der Waals surface area contributed by atoms with E-state index in [0.29, 0.717) is 0 Å². The van der Waals surface area contributed by atoms with Crippen LogP contribution in [0.5, 0.6) is 0 Å². The van der Waals surface area contributed by atoms with E-state index >= 15 is 0 Å². The van der Waals surface area contributed by atoms with Crippen molar-refractivity contribution in [1.29, 1.82) is 5.26 Å². The minimum absolute atomic E-state index is 0.740. The van der Waals surface area contributed by atoms with E-state index in [-0.39, 0.29) is 0 Å². The highest BCUT2D eigenvalue weighted by atomic mass is 79.9. The fourth-order valence-corrected chi connectivity index (χ4v) is 1.30. The molecule has 0 bridgehead atoms. The lowest BCUT2D eigenvalue weighted by molar-refractivity contribution is 1.15. The number of hydrogen-bond acceptors (Lipinski definition) is 1. The van der Waals surface area contributed by atoms with Crippen molar-refractivity contribution in [2.75, 3.05) is 5.33 Å². The minimum Gasteiger partial charge on any atom is -0.192 e. The first-order valence-corrected chi connectivity index (χ1v) is 5.10. The number of halogens is 1. The Kier molecular flexibility index (Phi) is 3.72. The van der Waals surface area contributed by atoms with E-state index in [9.17, 15) is 0 Å². The van der Waals surface area contributed by atoms with Crippen LogP contribution in [0.3, 0.4) is 0 Å². The molecule has 0 saturated heterocycles. The lowest BCUT2D eigenvalue weighted by Gasteiger charge is -2.03. The third kappa shape index (κ3) is 2.71. The number of nitrogens with zero attached hydrogens (tertiary/aromatic N) is 1. The summed E-state index contributed by atoms with van der Waals surface area (Å²) in [6.45, 7) is 3.89. The second-order valence-corrected chi connectivity index (χ2v) is 3.39. The fraction of sp³-hybridized carbons (Fsp3) is 0.182. The van der Waals surface area contributed by atoms with Crippen LogP contribution >= 0.6 is 15.9 Å². The monoisotopic (exact) mass is 235 g/mol. The van der Waals surface area contributed by atoms with Crippen LogP contribution in [-0.4, -0.2) is 5.33 Å². The zero-order chi connectivity index (χ0) is 9.68. The van der Waals surface area contributed by atoms with Crippen molar-refractivity contribution in [1.82, 2.24) is 0 Å². The molecule has 0 N–H and O–H groups in total. The number of hydrogen-bond donors (Lipinski definition) is 0. The van der Waals surface area contributed by atoms with Crippen molar-refractivity contribution in [3.05, 3.63) is 47.5 Å². The molecule has 1 aromatic carbocycles. The highest BCUT2D eigenvalue weighted by Gasteiger charge is 2.01. The Morgan fingerprint density at radius 3 is 2.77 bits per heavy atom. The quantitative estimate of drug-likeness (QED) is 0.584. The lowest BCUT2D eigenvalue weighted by Crippen LogP contribution is -1.93. The molecule has 0 aromatic heterocycles. The van der Waals surface area contributed by atoms with Gasteiger partial charge in [-0.1, -0.05) is 46.3 Å². The molecule has 2 heteroatoms. The van der Waals surface area contributed by atoms with Crippen molar-refractivity contribution in [2.45, 2.75) is 6.42 Å². The predicted octanol–water partition coefficient (Wildman–Crippen LogP) is 3.05. The Morgan fingerprint density at radius 2 is 2.15 bits per heavy atom. The lowest BCUT2D eigenvalue weighted by atomic mass is 10.0. The smallest absolute Gasteiger partial charge is 0.0994 e. The van der Waals surface area contributed by atoms with Crippen molar-refractivity contribution in [3.63, 3.8) is 0 Å². The molecule has 0 atom stereocenters. The molecule has 0 aliphatic heterocycles. The van der Waals surface area contributed by atoms with Crippen molar-refractivity contribution in [2.24, 2.45) is 0 Å². The van der Waals surface area contributed by atoms with E-state index in [1.807, 2.05) is 24.3 Å². The summed E-state index contributed by atoms with van der Waals surface area (Å²) in [7, 11) is 0. The molecule has 0 spiro atoms. The van der Waals surface area contributed by atoms with Gasteiger partial charge in [0.25, 0.3) is 0 Å². The van der Waals surface area contributed by atoms with Crippen LogP contribution in [-0.2, 0) is 6.42 Å². The third-order valence-electron chi connectivity index (χ3n) is 1.77. The van der Waals surface area contributed by atoms with Gasteiger partial charge in [0, 0.05) is 5.33 Å². The average Bonchev–Trinajstić information content (AvgIpc) is 2.18. The van der Waals surface area contributed by atoms with Crippen LogP contribution in [0, 0.1) is 11.3 Å². The molecule has 1 rings (SSSR count). The molecular formula is C11H10BrN. The van der Waals surface area contributed by atoms with Gasteiger partial charge in [0.05, 0.1) is 11.6 Å². The number of benzene rings is 1. The SMILES string of the molecule is C=C(CBr)Cc1ccccc1C#N. The molecule has 0 fully saturated rings. The van der Waals surface area contributed by atoms with E-state index in [4.69, 9.17) is 5.26 Å². The van der Waals surface area contributed by atoms with Gasteiger partial charge in [-0.2, -0.15) is 5.26 Å². The molecule has 0 saturated carbocycles. The summed E-state index contributed by atoms with van der Waals surface area (Å²) in [5, 5.41) is 9.60. The summed E-state index contributed by atoms with van der Waals surface area (Å²) in [6, 6.07) is 9.78. The summed E-state index contributed by atoms with van der Waals surface area (Å²) >= 11 is 3.34. The van der Waals surface area contributed by atoms with Gasteiger partial charge >= 0.3 is 0 Å². The molecule has 13 heavy (non-hydrogen) atoms. The predicted molar refractivity (Wildman–Crippen MR) is 57.8 cm³/mol. The van der Waals surface area contributed by atoms with Gasteiger partial charge in [-0.15, -0.1) is 0 Å². The van der Waals surface area contributed by atoms with Crippen LogP contribution in [0.2, 0.25) is 0 Å². The third-order valence-corrected chi connectivity index (χ3v) is 2.56. The van der Waals surface area contributed by atoms with Crippen LogP contribution in [0.4, 0.5) is 0 Å². The van der Waals surface area contributed by atoms with Gasteiger partial charge in [-0.3, -0.25) is 0 Å². The normalized spacial score (nSPS) is 9.23. The number of nitriles is 1. The molecule has 0 unspecified atom stereocenters. The number of allylic oxidation sites excluding steroid dienone is 1. The molecule has 0 heterocycles. The minimum atomic E-state index is 0.740. The first-order valence-electron chi connectivity index (χ1n) is 3.98. The molecular weight excluding hydrogens is 226 g/mol. The van der Waals surface area contributed by atoms with E-state index in [1.54, 1.807) is 0 Å². The van der Waals surface area contributed by atoms with Crippen molar-refractivity contribution >= 4 is 15.9 Å². The Morgan fingerprint density at radius 1 is 1.46 bits per heavy atom. The van der Waals surface area contributed by atoms with Gasteiger partial charge in [-0.05, 0) is 18.1 Å². The zero-order valence-corrected chi connectivity index (χ0v) is 8.84. The Bertz CT molecular complexity index is 349. The first-order chi connectivity index (χ1) is 6.27. The second kappa shape index (κ2) is 4.84. The van der Waals surface area contributed by atoms with E-state index in [1.165, 1.54) is 0 Å². The van der Waals surface area contributed by atoms with Gasteiger partial charge < -0.3 is 0 Å². The largest absolute Gasteiger partial charge is 0.192 e. The van der Waals surface area contributed by atoms with E-state index < -0.39 is 0 Å². The zero-order valence-electron chi connectivity index (χ0n) is 7.26. The summed E-state index contributed by atoms with van der Waals surface area (Å²) < 4.78 is 0. The summed E-state index contributed by atoms with van der Waals surface area (Å²) in [4.78, 5) is 0. The molecule has 0 radical (unpaired) electrons. The number of rotatable bonds is 3. The van der Waals surface area contributed by atoms with Gasteiger partial charge in [0.1, 0.15) is 0 Å². The van der Waals surface area contributed by atoms with Crippen LogP contribution in [0.25, 0.3) is 0 Å². The molecule has 1 aromatic rings. The summed E-state index contributed by atoms with van der Waals surface area (Å²) in [5.74, 6) is 0. The molecule has 0 aliphatic carbocycles. The first kappa shape index (κ1) is 10.0. The molecule has 66 valence electrons. The van der Waals surface area contributed by atoms with Gasteiger partial charge in [-0.25, -0.2) is 0 Å². The summed E-state index contributed by atoms with van der Waals surface area (Å²) in [6.07, 6.45) is 0.773. The number of alkyl halides is 1. The second-order valence-electron chi connectivity index (χ2n) is 2.83. The average molecular weight is 236 g/mol. The maximum atomic E-state index is 8.81. The Balaban J connectivity index is 2.89. The van der Waals surface area contributed by atoms with Crippen LogP contribution in [0.15, 0.2) is 36.4 Å². The fourth-order valence-electron chi connectivity index (χ4n) is 1.10. The van der Waals surface area contributed by atoms with E-state index in [0.717, 1.165) is 28.5 Å². The highest BCUT2D eigenvalue weighted by Crippen LogP contribution is 2.12.